The first-order valence-corrected chi connectivity index (χ1v) is 25.4. The summed E-state index contributed by atoms with van der Waals surface area (Å²) in [4.78, 5) is 86.8. The molecule has 0 saturated carbocycles. The number of rotatable bonds is 15. The summed E-state index contributed by atoms with van der Waals surface area (Å²) in [5.41, 5.74) is -0.0429. The van der Waals surface area contributed by atoms with Crippen molar-refractivity contribution in [2.45, 2.75) is 153 Å². The van der Waals surface area contributed by atoms with Crippen molar-refractivity contribution in [2.75, 3.05) is 19.6 Å². The number of hydrogen-bond acceptors (Lipinski definition) is 7. The van der Waals surface area contributed by atoms with E-state index in [4.69, 9.17) is 4.43 Å². The van der Waals surface area contributed by atoms with Gasteiger partial charge in [0, 0.05) is 38.0 Å². The molecule has 0 aromatic heterocycles. The number of benzene rings is 3. The Hall–Kier alpha value is -5.14. The molecule has 3 aliphatic heterocycles. The van der Waals surface area contributed by atoms with Crippen molar-refractivity contribution in [3.8, 4) is 0 Å². The molecule has 3 aliphatic rings. The third kappa shape index (κ3) is 11.0. The number of likely N-dealkylation sites (tertiary alicyclic amines) is 1. The smallest absolute Gasteiger partial charge is 0.262 e. The van der Waals surface area contributed by atoms with Gasteiger partial charge in [0.15, 0.2) is 5.78 Å². The molecule has 0 aliphatic carbocycles. The molecule has 5 amide bonds. The van der Waals surface area contributed by atoms with Gasteiger partial charge in [0.2, 0.25) is 23.6 Å². The minimum absolute atomic E-state index is 0.0130. The molecule has 12 nitrogen and oxygen atoms in total. The van der Waals surface area contributed by atoms with Gasteiger partial charge >= 0.3 is 0 Å². The zero-order chi connectivity index (χ0) is 46.1. The number of unbranched alkanes of at least 4 members (excludes halogenated alkanes) is 2. The largest absolute Gasteiger partial charge is 0.398 e. The van der Waals surface area contributed by atoms with E-state index in [9.17, 15) is 28.8 Å². The zero-order valence-electron chi connectivity index (χ0n) is 38.8. The molecule has 3 saturated heterocycles. The van der Waals surface area contributed by atoms with Crippen molar-refractivity contribution in [3.63, 3.8) is 0 Å². The molecule has 0 bridgehead atoms. The van der Waals surface area contributed by atoms with Crippen LogP contribution in [0.5, 0.6) is 0 Å². The highest BCUT2D eigenvalue weighted by Crippen LogP contribution is 2.38. The molecule has 0 spiro atoms. The number of carbonyl (C=O) groups is 6. The zero-order valence-corrected chi connectivity index (χ0v) is 39.8. The molecule has 6 rings (SSSR count). The Kier molecular flexibility index (Phi) is 16.0. The molecular formula is C51H69N5O7Si. The summed E-state index contributed by atoms with van der Waals surface area (Å²) in [7, 11) is -2.93. The van der Waals surface area contributed by atoms with Crippen LogP contribution in [0.15, 0.2) is 84.9 Å². The Balaban J connectivity index is 1.10. The van der Waals surface area contributed by atoms with E-state index in [1.807, 2.05) is 60.4 Å². The van der Waals surface area contributed by atoms with Gasteiger partial charge < -0.3 is 30.2 Å². The molecule has 3 heterocycles. The number of nitrogens with one attached hydrogen (secondary N) is 3. The number of hydrogen-bond donors (Lipinski definition) is 3. The predicted octanol–water partition coefficient (Wildman–Crippen LogP) is 5.60. The first-order valence-electron chi connectivity index (χ1n) is 23.5. The van der Waals surface area contributed by atoms with Crippen LogP contribution in [0.1, 0.15) is 128 Å². The molecule has 344 valence electrons. The minimum atomic E-state index is -2.93. The lowest BCUT2D eigenvalue weighted by Crippen LogP contribution is -2.68. The highest BCUT2D eigenvalue weighted by Gasteiger charge is 2.51. The third-order valence-electron chi connectivity index (χ3n) is 13.6. The van der Waals surface area contributed by atoms with Gasteiger partial charge in [-0.3, -0.25) is 28.8 Å². The van der Waals surface area contributed by atoms with Crippen LogP contribution in [-0.2, 0) is 34.8 Å². The Bertz CT molecular complexity index is 2060. The number of piperidine rings is 1. The van der Waals surface area contributed by atoms with Gasteiger partial charge in [0.1, 0.15) is 29.8 Å². The lowest BCUT2D eigenvalue weighted by molar-refractivity contribution is -0.144. The van der Waals surface area contributed by atoms with Crippen molar-refractivity contribution < 1.29 is 33.2 Å². The summed E-state index contributed by atoms with van der Waals surface area (Å²) in [6, 6.07) is 24.9. The van der Waals surface area contributed by atoms with E-state index >= 15 is 0 Å². The van der Waals surface area contributed by atoms with Gasteiger partial charge in [-0.2, -0.15) is 0 Å². The van der Waals surface area contributed by atoms with Crippen LogP contribution in [0.25, 0.3) is 0 Å². The van der Waals surface area contributed by atoms with E-state index in [0.717, 1.165) is 48.3 Å². The van der Waals surface area contributed by atoms with Gasteiger partial charge in [-0.05, 0) is 98.3 Å². The second-order valence-electron chi connectivity index (χ2n) is 19.2. The average molecular weight is 892 g/mol. The maximum absolute atomic E-state index is 14.3. The van der Waals surface area contributed by atoms with Crippen LogP contribution in [0.4, 0.5) is 0 Å². The first-order chi connectivity index (χ1) is 30.6. The Morgan fingerprint density at radius 1 is 0.781 bits per heavy atom. The highest BCUT2D eigenvalue weighted by molar-refractivity contribution is 6.99. The lowest BCUT2D eigenvalue weighted by Gasteiger charge is -2.44. The van der Waals surface area contributed by atoms with Crippen LogP contribution in [0, 0.1) is 0 Å². The van der Waals surface area contributed by atoms with Gasteiger partial charge in [0.05, 0.1) is 0 Å². The van der Waals surface area contributed by atoms with Gasteiger partial charge in [-0.25, -0.2) is 0 Å². The Morgan fingerprint density at radius 3 is 2.00 bits per heavy atom. The first kappa shape index (κ1) is 48.3. The van der Waals surface area contributed by atoms with Crippen LogP contribution < -0.4 is 26.3 Å². The van der Waals surface area contributed by atoms with Crippen molar-refractivity contribution >= 4 is 54.0 Å². The van der Waals surface area contributed by atoms with E-state index < -0.39 is 55.8 Å². The monoisotopic (exact) mass is 891 g/mol. The summed E-state index contributed by atoms with van der Waals surface area (Å²) in [6.07, 6.45) is 6.24. The normalized spacial score (nSPS) is 22.9. The molecule has 5 atom stereocenters. The number of amides is 5. The number of fused-ring (bicyclic) bond motifs is 1. The Labute approximate surface area is 380 Å². The summed E-state index contributed by atoms with van der Waals surface area (Å²) < 4.78 is 7.05. The molecule has 0 radical (unpaired) electrons. The van der Waals surface area contributed by atoms with Crippen molar-refractivity contribution in [1.82, 2.24) is 25.8 Å². The van der Waals surface area contributed by atoms with Crippen LogP contribution in [0.2, 0.25) is 5.04 Å². The van der Waals surface area contributed by atoms with Crippen molar-refractivity contribution in [1.29, 1.82) is 0 Å². The number of nitrogens with zero attached hydrogens (tertiary/aromatic N) is 2. The minimum Gasteiger partial charge on any atom is -0.398 e. The van der Waals surface area contributed by atoms with E-state index in [0.29, 0.717) is 57.1 Å². The molecule has 13 heteroatoms. The third-order valence-corrected chi connectivity index (χ3v) is 18.7. The molecule has 64 heavy (non-hydrogen) atoms. The molecule has 0 unspecified atom stereocenters. The quantitative estimate of drug-likeness (QED) is 0.133. The number of carbonyl (C=O) groups excluding carboxylic acids is 6. The van der Waals surface area contributed by atoms with Gasteiger partial charge in [-0.1, -0.05) is 113 Å². The summed E-state index contributed by atoms with van der Waals surface area (Å²) in [6.45, 7) is 13.7. The van der Waals surface area contributed by atoms with E-state index in [2.05, 4.69) is 61.0 Å². The standard InChI is InChI=1S/C51H69N5O7Si/c1-7-51(6)49(62)53-42(35-37-28-30-38(31-29-37)47(60)55-32-18-11-19-33-55)48(61)56-34-20-26-43(56)46(59)52-41(45(58)54-51)25-16-10-17-27-44(57)36(2)63-64(50(3,4)5,39-21-12-8-13-22-39)40-23-14-9-15-24-40/h8-9,12-15,21-24,28-31,36,41-43H,7,10-11,16-20,25-27,32-35H2,1-6H3,(H,52,59)(H,53,62)(H,54,58)/t36-,41-,42-,43+,51-/m0/s1. The summed E-state index contributed by atoms with van der Waals surface area (Å²) in [5.74, 6) is -1.73. The summed E-state index contributed by atoms with van der Waals surface area (Å²) >= 11 is 0. The Morgan fingerprint density at radius 2 is 1.41 bits per heavy atom. The highest BCUT2D eigenvalue weighted by atomic mass is 28.4. The van der Waals surface area contributed by atoms with Crippen LogP contribution in [0.3, 0.4) is 0 Å². The fourth-order valence-corrected chi connectivity index (χ4v) is 14.2. The molecule has 3 aromatic rings. The summed E-state index contributed by atoms with van der Waals surface area (Å²) in [5, 5.41) is 10.8. The van der Waals surface area contributed by atoms with E-state index in [1.54, 1.807) is 26.0 Å². The molecule has 3 aromatic carbocycles. The van der Waals surface area contributed by atoms with Gasteiger partial charge in [0.25, 0.3) is 14.2 Å². The van der Waals surface area contributed by atoms with Gasteiger partial charge in [-0.15, -0.1) is 0 Å². The van der Waals surface area contributed by atoms with Crippen molar-refractivity contribution in [2.24, 2.45) is 0 Å². The maximum Gasteiger partial charge on any atom is 0.262 e. The lowest BCUT2D eigenvalue weighted by atomic mass is 9.94. The number of ketones is 1. The van der Waals surface area contributed by atoms with E-state index in [-0.39, 0.29) is 35.5 Å². The van der Waals surface area contributed by atoms with E-state index in [1.165, 1.54) is 4.90 Å². The topological polar surface area (TPSA) is 154 Å². The molecule has 3 fully saturated rings. The van der Waals surface area contributed by atoms with Crippen molar-refractivity contribution in [3.05, 3.63) is 96.1 Å². The van der Waals surface area contributed by atoms with Crippen LogP contribution in [-0.4, -0.2) is 103 Å². The molecular weight excluding hydrogens is 823 g/mol. The fraction of sp³-hybridized carbons (Fsp3) is 0.529. The van der Waals surface area contributed by atoms with Crippen LogP contribution >= 0.6 is 0 Å². The number of Topliss-reactive ketones (excluding diaryl/α,β-unsaturated/α-hetero) is 1. The maximum atomic E-state index is 14.3. The molecule has 3 N–H and O–H groups in total. The second kappa shape index (κ2) is 21.2. The average Bonchev–Trinajstić information content (AvgIpc) is 3.80. The SMILES string of the molecule is CC[C@]1(C)NC(=O)[C@H](CCCCCC(=O)[C@H](C)O[Si](c2ccccc2)(c2ccccc2)C(C)(C)C)NC(=O)[C@H]2CCCN2C(=O)[C@H](Cc2ccc(C(=O)N3CCCCC3)cc2)NC1=O. The second-order valence-corrected chi connectivity index (χ2v) is 23.4. The predicted molar refractivity (Wildman–Crippen MR) is 252 cm³/mol. The fourth-order valence-electron chi connectivity index (χ4n) is 9.57.